The van der Waals surface area contributed by atoms with Crippen molar-refractivity contribution < 1.29 is 27.9 Å². The molecule has 0 radical (unpaired) electrons. The van der Waals surface area contributed by atoms with Gasteiger partial charge in [0.15, 0.2) is 0 Å². The Hall–Kier alpha value is -1.80. The molecule has 28 heavy (non-hydrogen) atoms. The number of carbonyl (C=O) groups excluding carboxylic acids is 1. The Bertz CT molecular complexity index is 693. The minimum Gasteiger partial charge on any atom is -0.480 e. The van der Waals surface area contributed by atoms with Gasteiger partial charge in [-0.05, 0) is 49.9 Å². The second-order valence-electron chi connectivity index (χ2n) is 7.27. The zero-order chi connectivity index (χ0) is 19.6. The number of hydrogen-bond acceptors (Lipinski definition) is 3. The molecule has 3 rings (SSSR count). The molecule has 0 aromatic heterocycles. The number of hydrogen-bond donors (Lipinski definition) is 1. The summed E-state index contributed by atoms with van der Waals surface area (Å²) < 4.78 is 38.1. The summed E-state index contributed by atoms with van der Waals surface area (Å²) in [5.41, 5.74) is -0.0788. The van der Waals surface area contributed by atoms with Crippen LogP contribution in [0, 0.1) is 0 Å². The first-order valence-electron chi connectivity index (χ1n) is 9.18. The highest BCUT2D eigenvalue weighted by atomic mass is 35.5. The van der Waals surface area contributed by atoms with E-state index < -0.39 is 23.8 Å². The van der Waals surface area contributed by atoms with E-state index in [2.05, 4.69) is 0 Å². The summed E-state index contributed by atoms with van der Waals surface area (Å²) in [6, 6.07) is 4.29. The van der Waals surface area contributed by atoms with Crippen LogP contribution in [0.5, 0.6) is 0 Å². The highest BCUT2D eigenvalue weighted by Crippen LogP contribution is 2.31. The van der Waals surface area contributed by atoms with Gasteiger partial charge in [-0.1, -0.05) is 18.6 Å². The molecule has 0 bridgehead atoms. The van der Waals surface area contributed by atoms with Crippen molar-refractivity contribution in [3.05, 3.63) is 35.4 Å². The van der Waals surface area contributed by atoms with Gasteiger partial charge in [-0.3, -0.25) is 14.5 Å². The number of carboxylic acid groups (broad SMARTS) is 1. The molecule has 0 spiro atoms. The summed E-state index contributed by atoms with van der Waals surface area (Å²) in [6.45, 7) is 0.850. The van der Waals surface area contributed by atoms with Crippen LogP contribution >= 0.6 is 12.4 Å². The highest BCUT2D eigenvalue weighted by Gasteiger charge is 2.36. The van der Waals surface area contributed by atoms with Crippen molar-refractivity contribution >= 4 is 24.3 Å². The second-order valence-corrected chi connectivity index (χ2v) is 7.27. The zero-order valence-electron chi connectivity index (χ0n) is 15.3. The van der Waals surface area contributed by atoms with Crippen LogP contribution in [0.15, 0.2) is 24.3 Å². The fourth-order valence-corrected chi connectivity index (χ4v) is 3.53. The Morgan fingerprint density at radius 3 is 2.29 bits per heavy atom. The molecule has 156 valence electrons. The molecule has 1 N–H and O–H groups in total. The lowest BCUT2D eigenvalue weighted by Crippen LogP contribution is -2.50. The summed E-state index contributed by atoms with van der Waals surface area (Å²) in [5.74, 6) is -1.08. The van der Waals surface area contributed by atoms with Crippen molar-refractivity contribution in [3.63, 3.8) is 0 Å². The maximum atomic E-state index is 12.8. The fraction of sp³-hybridized carbons (Fsp3) is 0.579. The van der Waals surface area contributed by atoms with Crippen LogP contribution in [0.1, 0.15) is 43.2 Å². The van der Waals surface area contributed by atoms with Crippen molar-refractivity contribution in [3.8, 4) is 0 Å². The van der Waals surface area contributed by atoms with E-state index in [4.69, 9.17) is 0 Å². The van der Waals surface area contributed by atoms with Crippen molar-refractivity contribution in [2.24, 2.45) is 0 Å². The molecule has 2 fully saturated rings. The van der Waals surface area contributed by atoms with E-state index in [0.717, 1.165) is 37.8 Å². The molecule has 1 saturated heterocycles. The number of likely N-dealkylation sites (tertiary alicyclic amines) is 1. The van der Waals surface area contributed by atoms with Gasteiger partial charge in [0.2, 0.25) is 5.91 Å². The normalized spacial score (nSPS) is 20.3. The molecule has 1 amide bonds. The molecule has 1 unspecified atom stereocenters. The Kier molecular flexibility index (Phi) is 7.33. The summed E-state index contributed by atoms with van der Waals surface area (Å²) in [6.07, 6.45) is -0.419. The number of nitrogens with zero attached hydrogens (tertiary/aromatic N) is 2. The van der Waals surface area contributed by atoms with E-state index in [0.29, 0.717) is 18.5 Å². The molecule has 1 saturated carbocycles. The maximum absolute atomic E-state index is 12.8. The average molecular weight is 421 g/mol. The second kappa shape index (κ2) is 9.13. The van der Waals surface area contributed by atoms with E-state index >= 15 is 0 Å². The molecule has 2 aliphatic rings. The van der Waals surface area contributed by atoms with Crippen LogP contribution in [0.25, 0.3) is 0 Å². The van der Waals surface area contributed by atoms with Gasteiger partial charge in [-0.2, -0.15) is 13.2 Å². The Labute approximate surface area is 167 Å². The predicted octanol–water partition coefficient (Wildman–Crippen LogP) is 3.56. The molecule has 1 aliphatic carbocycles. The Morgan fingerprint density at radius 2 is 1.75 bits per heavy atom. The highest BCUT2D eigenvalue weighted by molar-refractivity contribution is 5.85. The maximum Gasteiger partial charge on any atom is 0.416 e. The molecule has 1 heterocycles. The number of alkyl halides is 3. The summed E-state index contributed by atoms with van der Waals surface area (Å²) in [7, 11) is 0. The first-order chi connectivity index (χ1) is 12.8. The van der Waals surface area contributed by atoms with Crippen molar-refractivity contribution in [2.75, 3.05) is 13.1 Å². The van der Waals surface area contributed by atoms with Crippen LogP contribution in [0.2, 0.25) is 0 Å². The topological polar surface area (TPSA) is 60.9 Å². The van der Waals surface area contributed by atoms with Crippen LogP contribution in [0.4, 0.5) is 13.2 Å². The summed E-state index contributed by atoms with van der Waals surface area (Å²) in [5, 5.41) is 9.35. The lowest BCUT2D eigenvalue weighted by molar-refractivity contribution is -0.146. The Morgan fingerprint density at radius 1 is 1.11 bits per heavy atom. The molecular weight excluding hydrogens is 397 g/mol. The van der Waals surface area contributed by atoms with Gasteiger partial charge >= 0.3 is 12.1 Å². The third-order valence-corrected chi connectivity index (χ3v) is 5.18. The molecule has 1 aromatic rings. The average Bonchev–Trinajstić information content (AvgIpc) is 3.44. The van der Waals surface area contributed by atoms with E-state index in [1.165, 1.54) is 12.1 Å². The van der Waals surface area contributed by atoms with Crippen LogP contribution in [-0.2, 0) is 22.3 Å². The number of halogens is 4. The van der Waals surface area contributed by atoms with Crippen molar-refractivity contribution in [1.29, 1.82) is 0 Å². The third-order valence-electron chi connectivity index (χ3n) is 5.18. The zero-order valence-corrected chi connectivity index (χ0v) is 16.1. The van der Waals surface area contributed by atoms with E-state index in [9.17, 15) is 27.9 Å². The van der Waals surface area contributed by atoms with Crippen LogP contribution in [-0.4, -0.2) is 52.0 Å². The van der Waals surface area contributed by atoms with Gasteiger partial charge < -0.3 is 10.0 Å². The molecule has 1 atom stereocenters. The number of benzene rings is 1. The van der Waals surface area contributed by atoms with Gasteiger partial charge in [-0.15, -0.1) is 12.4 Å². The fourth-order valence-electron chi connectivity index (χ4n) is 3.53. The van der Waals surface area contributed by atoms with Gasteiger partial charge in [0.1, 0.15) is 6.04 Å². The first-order valence-corrected chi connectivity index (χ1v) is 9.18. The molecule has 1 aliphatic heterocycles. The van der Waals surface area contributed by atoms with Crippen molar-refractivity contribution in [1.82, 2.24) is 9.80 Å². The number of aliphatic carboxylic acids is 1. The summed E-state index contributed by atoms with van der Waals surface area (Å²) >= 11 is 0. The third kappa shape index (κ3) is 5.61. The number of rotatable bonds is 6. The predicted molar refractivity (Wildman–Crippen MR) is 99.1 cm³/mol. The lowest BCUT2D eigenvalue weighted by Gasteiger charge is -2.34. The van der Waals surface area contributed by atoms with E-state index in [1.807, 2.05) is 0 Å². The molecule has 1 aromatic carbocycles. The Balaban J connectivity index is 0.00000280. The smallest absolute Gasteiger partial charge is 0.416 e. The van der Waals surface area contributed by atoms with Crippen LogP contribution in [0.3, 0.4) is 0 Å². The first kappa shape index (κ1) is 22.5. The standard InChI is InChI=1S/C19H23F3N2O3.ClH/c20-19(21,22)14-6-4-13(5-7-14)11-24(15-8-9-15)17(25)12-23-10-2-1-3-16(23)18(26)27;/h4-7,15-16H,1-3,8-12H2,(H,26,27);1H. The number of amides is 1. The quantitative estimate of drug-likeness (QED) is 0.764. The summed E-state index contributed by atoms with van der Waals surface area (Å²) in [4.78, 5) is 27.6. The molecule has 5 nitrogen and oxygen atoms in total. The van der Waals surface area contributed by atoms with Crippen molar-refractivity contribution in [2.45, 2.75) is 56.9 Å². The van der Waals surface area contributed by atoms with E-state index in [-0.39, 0.29) is 37.4 Å². The minimum atomic E-state index is -4.38. The SMILES string of the molecule is Cl.O=C(O)C1CCCCN1CC(=O)N(Cc1ccc(C(F)(F)F)cc1)C1CC1. The van der Waals surface area contributed by atoms with Gasteiger partial charge in [0.05, 0.1) is 12.1 Å². The number of piperidine rings is 1. The number of carboxylic acids is 1. The van der Waals surface area contributed by atoms with Gasteiger partial charge in [0, 0.05) is 12.6 Å². The monoisotopic (exact) mass is 420 g/mol. The lowest BCUT2D eigenvalue weighted by atomic mass is 10.0. The number of carbonyl (C=O) groups is 2. The van der Waals surface area contributed by atoms with E-state index in [1.54, 1.807) is 9.80 Å². The van der Waals surface area contributed by atoms with Gasteiger partial charge in [-0.25, -0.2) is 0 Å². The van der Waals surface area contributed by atoms with Crippen LogP contribution < -0.4 is 0 Å². The largest absolute Gasteiger partial charge is 0.480 e. The minimum absolute atomic E-state index is 0. The molecule has 9 heteroatoms. The molecular formula is C19H24ClF3N2O3. The van der Waals surface area contributed by atoms with Gasteiger partial charge in [0.25, 0.3) is 0 Å².